The number of rotatable bonds is 3. The number of anilines is 1. The number of hydrogen-bond acceptors (Lipinski definition) is 4. The summed E-state index contributed by atoms with van der Waals surface area (Å²) in [6, 6.07) is 9.71. The predicted molar refractivity (Wildman–Crippen MR) is 115 cm³/mol. The molecule has 0 spiro atoms. The summed E-state index contributed by atoms with van der Waals surface area (Å²) >= 11 is 0. The number of hydrogen-bond donors (Lipinski definition) is 2. The Morgan fingerprint density at radius 2 is 1.57 bits per heavy atom. The minimum absolute atomic E-state index is 0.0409. The van der Waals surface area contributed by atoms with Crippen LogP contribution in [0.15, 0.2) is 45.1 Å². The van der Waals surface area contributed by atoms with Gasteiger partial charge in [-0.2, -0.15) is 0 Å². The van der Waals surface area contributed by atoms with Crippen molar-refractivity contribution in [2.24, 2.45) is 9.98 Å². The molecule has 0 fully saturated rings. The zero-order valence-electron chi connectivity index (χ0n) is 16.4. The van der Waals surface area contributed by atoms with E-state index in [1.807, 2.05) is 30.3 Å². The number of nitrogens with zero attached hydrogens (tertiary/aromatic N) is 3. The van der Waals surface area contributed by atoms with E-state index in [0.717, 1.165) is 74.7 Å². The van der Waals surface area contributed by atoms with E-state index in [4.69, 9.17) is 9.98 Å². The zero-order valence-corrected chi connectivity index (χ0v) is 16.4. The Morgan fingerprint density at radius 1 is 0.857 bits per heavy atom. The van der Waals surface area contributed by atoms with Gasteiger partial charge in [0.2, 0.25) is 0 Å². The maximum atomic E-state index is 13.3. The summed E-state index contributed by atoms with van der Waals surface area (Å²) in [6.45, 7) is 1.65. The first-order valence-corrected chi connectivity index (χ1v) is 10.6. The van der Waals surface area contributed by atoms with Crippen LogP contribution in [0.4, 0.5) is 5.82 Å². The van der Waals surface area contributed by atoms with Crippen molar-refractivity contribution in [2.75, 3.05) is 18.4 Å². The van der Waals surface area contributed by atoms with Gasteiger partial charge in [-0.1, -0.05) is 37.5 Å². The molecule has 6 nitrogen and oxygen atoms in total. The fourth-order valence-electron chi connectivity index (χ4n) is 3.93. The monoisotopic (exact) mass is 379 g/mol. The Hall–Kier alpha value is -2.63. The van der Waals surface area contributed by atoms with Crippen LogP contribution in [0, 0.1) is 0 Å². The summed E-state index contributed by atoms with van der Waals surface area (Å²) in [6.07, 6.45) is 9.86. The largest absolute Gasteiger partial charge is 0.329 e. The molecule has 6 heteroatoms. The van der Waals surface area contributed by atoms with Crippen LogP contribution in [0.25, 0.3) is 5.69 Å². The molecule has 4 rings (SSSR count). The molecule has 2 aliphatic heterocycles. The fourth-order valence-corrected chi connectivity index (χ4v) is 3.93. The summed E-state index contributed by atoms with van der Waals surface area (Å²) < 4.78 is 1.62. The molecule has 1 aromatic heterocycles. The number of nitrogens with one attached hydrogen (secondary N) is 2. The Bertz CT molecular complexity index is 907. The van der Waals surface area contributed by atoms with Crippen LogP contribution >= 0.6 is 0 Å². The van der Waals surface area contributed by atoms with Crippen molar-refractivity contribution in [3.8, 4) is 5.69 Å². The van der Waals surface area contributed by atoms with Crippen LogP contribution in [-0.4, -0.2) is 34.4 Å². The Labute approximate surface area is 165 Å². The molecular formula is C22H29N5O. The molecule has 1 aromatic carbocycles. The highest BCUT2D eigenvalue weighted by atomic mass is 16.1. The number of aromatic amines is 1. The number of para-hydroxylation sites is 1. The SMILES string of the molecule is O=c1c(C2=NCCCCC2)c(NC2=NCCCCCC2)[nH]n1-c1ccccc1. The number of H-pyrrole nitrogens is 1. The van der Waals surface area contributed by atoms with Crippen LogP contribution in [0.5, 0.6) is 0 Å². The molecule has 0 aliphatic carbocycles. The van der Waals surface area contributed by atoms with Gasteiger partial charge in [0.05, 0.1) is 11.4 Å². The quantitative estimate of drug-likeness (QED) is 0.834. The first-order valence-electron chi connectivity index (χ1n) is 10.6. The van der Waals surface area contributed by atoms with Crippen LogP contribution < -0.4 is 10.9 Å². The van der Waals surface area contributed by atoms with E-state index in [9.17, 15) is 4.79 Å². The lowest BCUT2D eigenvalue weighted by Crippen LogP contribution is -2.21. The van der Waals surface area contributed by atoms with E-state index >= 15 is 0 Å². The van der Waals surface area contributed by atoms with Crippen molar-refractivity contribution >= 4 is 17.4 Å². The Balaban J connectivity index is 1.74. The normalized spacial score (nSPS) is 18.4. The fraction of sp³-hybridized carbons (Fsp3) is 0.500. The Kier molecular flexibility index (Phi) is 6.04. The molecule has 148 valence electrons. The van der Waals surface area contributed by atoms with Gasteiger partial charge in [0.1, 0.15) is 17.2 Å². The molecule has 28 heavy (non-hydrogen) atoms. The second-order valence-electron chi connectivity index (χ2n) is 7.59. The molecule has 0 bridgehead atoms. The first kappa shape index (κ1) is 18.7. The first-order chi connectivity index (χ1) is 13.8. The number of aromatic nitrogens is 2. The van der Waals surface area contributed by atoms with E-state index in [-0.39, 0.29) is 5.56 Å². The van der Waals surface area contributed by atoms with Crippen molar-refractivity contribution in [1.29, 1.82) is 0 Å². The van der Waals surface area contributed by atoms with Gasteiger partial charge >= 0.3 is 0 Å². The highest BCUT2D eigenvalue weighted by Gasteiger charge is 2.22. The molecule has 0 amide bonds. The average Bonchev–Trinajstić information content (AvgIpc) is 2.86. The molecule has 0 unspecified atom stereocenters. The highest BCUT2D eigenvalue weighted by molar-refractivity contribution is 6.07. The van der Waals surface area contributed by atoms with E-state index in [1.54, 1.807) is 4.68 Å². The maximum Gasteiger partial charge on any atom is 0.282 e. The number of aliphatic imine (C=N–C) groups is 2. The van der Waals surface area contributed by atoms with Crippen molar-refractivity contribution in [2.45, 2.75) is 57.8 Å². The molecule has 0 radical (unpaired) electrons. The summed E-state index contributed by atoms with van der Waals surface area (Å²) in [4.78, 5) is 22.8. The molecule has 2 aromatic rings. The summed E-state index contributed by atoms with van der Waals surface area (Å²) in [7, 11) is 0. The van der Waals surface area contributed by atoms with Crippen molar-refractivity contribution in [1.82, 2.24) is 9.78 Å². The number of amidine groups is 1. The van der Waals surface area contributed by atoms with Crippen molar-refractivity contribution < 1.29 is 0 Å². The van der Waals surface area contributed by atoms with E-state index in [1.165, 1.54) is 19.3 Å². The van der Waals surface area contributed by atoms with E-state index in [2.05, 4.69) is 10.4 Å². The number of benzene rings is 1. The van der Waals surface area contributed by atoms with Gasteiger partial charge in [0, 0.05) is 19.5 Å². The molecule has 0 saturated heterocycles. The lowest BCUT2D eigenvalue weighted by Gasteiger charge is -2.13. The summed E-state index contributed by atoms with van der Waals surface area (Å²) in [5.41, 5.74) is 2.38. The topological polar surface area (TPSA) is 74.5 Å². The van der Waals surface area contributed by atoms with Gasteiger partial charge in [-0.25, -0.2) is 4.68 Å². The third-order valence-electron chi connectivity index (χ3n) is 5.46. The molecule has 2 N–H and O–H groups in total. The third-order valence-corrected chi connectivity index (χ3v) is 5.46. The summed E-state index contributed by atoms with van der Waals surface area (Å²) in [5, 5.41) is 6.76. The van der Waals surface area contributed by atoms with Gasteiger partial charge in [0.15, 0.2) is 0 Å². The summed E-state index contributed by atoms with van der Waals surface area (Å²) in [5.74, 6) is 1.70. The lowest BCUT2D eigenvalue weighted by molar-refractivity contribution is 0.643. The van der Waals surface area contributed by atoms with Crippen molar-refractivity contribution in [3.05, 3.63) is 46.2 Å². The minimum atomic E-state index is -0.0409. The molecule has 3 heterocycles. The maximum absolute atomic E-state index is 13.3. The zero-order chi connectivity index (χ0) is 19.2. The molecular weight excluding hydrogens is 350 g/mol. The van der Waals surface area contributed by atoms with Crippen molar-refractivity contribution in [3.63, 3.8) is 0 Å². The smallest absolute Gasteiger partial charge is 0.282 e. The van der Waals surface area contributed by atoms with E-state index < -0.39 is 0 Å². The minimum Gasteiger partial charge on any atom is -0.329 e. The van der Waals surface area contributed by atoms with Gasteiger partial charge in [-0.3, -0.25) is 19.9 Å². The lowest BCUT2D eigenvalue weighted by atomic mass is 10.1. The van der Waals surface area contributed by atoms with Gasteiger partial charge in [-0.15, -0.1) is 0 Å². The Morgan fingerprint density at radius 3 is 2.43 bits per heavy atom. The second-order valence-corrected chi connectivity index (χ2v) is 7.59. The van der Waals surface area contributed by atoms with Crippen LogP contribution in [-0.2, 0) is 0 Å². The van der Waals surface area contributed by atoms with Crippen LogP contribution in [0.2, 0.25) is 0 Å². The predicted octanol–water partition coefficient (Wildman–Crippen LogP) is 4.30. The van der Waals surface area contributed by atoms with Crippen LogP contribution in [0.1, 0.15) is 63.4 Å². The molecule has 0 atom stereocenters. The van der Waals surface area contributed by atoms with Crippen LogP contribution in [0.3, 0.4) is 0 Å². The van der Waals surface area contributed by atoms with Gasteiger partial charge < -0.3 is 5.32 Å². The standard InChI is InChI=1S/C22H29N5O/c28-22-20(18-13-7-4-10-15-23-18)21(25-19-14-8-1-2-9-16-24-19)26-27(22)17-11-5-3-6-12-17/h3,5-6,11-12,26H,1-2,4,7-10,13-16H2,(H,24,25). The van der Waals surface area contributed by atoms with Gasteiger partial charge in [0.25, 0.3) is 5.56 Å². The molecule has 0 saturated carbocycles. The van der Waals surface area contributed by atoms with E-state index in [0.29, 0.717) is 5.56 Å². The molecule has 2 aliphatic rings. The second kappa shape index (κ2) is 9.04. The third kappa shape index (κ3) is 4.26. The highest BCUT2D eigenvalue weighted by Crippen LogP contribution is 2.20. The van der Waals surface area contributed by atoms with Gasteiger partial charge in [-0.05, 0) is 44.2 Å². The average molecular weight is 380 g/mol.